The van der Waals surface area contributed by atoms with Gasteiger partial charge in [-0.25, -0.2) is 0 Å². The van der Waals surface area contributed by atoms with Crippen molar-refractivity contribution in [3.05, 3.63) is 11.7 Å². The Bertz CT molecular complexity index is 504. The van der Waals surface area contributed by atoms with Gasteiger partial charge in [-0.05, 0) is 31.6 Å². The van der Waals surface area contributed by atoms with Gasteiger partial charge < -0.3 is 14.7 Å². The summed E-state index contributed by atoms with van der Waals surface area (Å²) < 4.78 is 5.13. The van der Waals surface area contributed by atoms with Gasteiger partial charge in [0.25, 0.3) is 0 Å². The van der Waals surface area contributed by atoms with E-state index in [4.69, 9.17) is 4.52 Å². The molecule has 3 rings (SSSR count). The molecule has 1 aromatic heterocycles. The molecule has 1 saturated carbocycles. The van der Waals surface area contributed by atoms with Crippen LogP contribution in [0.15, 0.2) is 9.52 Å². The van der Waals surface area contributed by atoms with E-state index in [0.717, 1.165) is 32.0 Å². The third-order valence-electron chi connectivity index (χ3n) is 4.81. The standard InChI is InChI=1S/C15H25N5O/c1-12-18-13(21-19-12)5-9-17-14(16-2)20-10-8-15(11-20)6-3-4-7-15/h3-11H2,1-2H3,(H,16,17). The van der Waals surface area contributed by atoms with Gasteiger partial charge in [-0.15, -0.1) is 0 Å². The molecule has 1 aliphatic heterocycles. The highest BCUT2D eigenvalue weighted by molar-refractivity contribution is 5.80. The van der Waals surface area contributed by atoms with E-state index in [1.807, 2.05) is 14.0 Å². The molecular formula is C15H25N5O. The minimum Gasteiger partial charge on any atom is -0.356 e. The predicted octanol–water partition coefficient (Wildman–Crippen LogP) is 1.76. The number of aliphatic imine (C=N–C) groups is 1. The second-order valence-corrected chi connectivity index (χ2v) is 6.34. The largest absolute Gasteiger partial charge is 0.356 e. The van der Waals surface area contributed by atoms with E-state index in [0.29, 0.717) is 17.1 Å². The van der Waals surface area contributed by atoms with Crippen molar-refractivity contribution in [2.45, 2.75) is 45.4 Å². The fourth-order valence-electron chi connectivity index (χ4n) is 3.70. The summed E-state index contributed by atoms with van der Waals surface area (Å²) in [6, 6.07) is 0. The summed E-state index contributed by atoms with van der Waals surface area (Å²) in [7, 11) is 1.86. The Morgan fingerprint density at radius 2 is 2.19 bits per heavy atom. The molecule has 1 N–H and O–H groups in total. The zero-order valence-corrected chi connectivity index (χ0v) is 13.1. The Hall–Kier alpha value is -1.59. The molecular weight excluding hydrogens is 266 g/mol. The van der Waals surface area contributed by atoms with E-state index in [9.17, 15) is 0 Å². The van der Waals surface area contributed by atoms with Crippen molar-refractivity contribution in [3.63, 3.8) is 0 Å². The lowest BCUT2D eigenvalue weighted by Gasteiger charge is -2.25. The van der Waals surface area contributed by atoms with Crippen LogP contribution in [0.1, 0.15) is 43.8 Å². The van der Waals surface area contributed by atoms with E-state index < -0.39 is 0 Å². The summed E-state index contributed by atoms with van der Waals surface area (Å²) in [6.45, 7) is 4.90. The highest BCUT2D eigenvalue weighted by Gasteiger charge is 2.40. The molecule has 0 radical (unpaired) electrons. The van der Waals surface area contributed by atoms with Gasteiger partial charge in [-0.2, -0.15) is 4.98 Å². The number of likely N-dealkylation sites (tertiary alicyclic amines) is 1. The molecule has 0 amide bonds. The van der Waals surface area contributed by atoms with Crippen LogP contribution in [0.3, 0.4) is 0 Å². The maximum atomic E-state index is 5.13. The third-order valence-corrected chi connectivity index (χ3v) is 4.81. The lowest BCUT2D eigenvalue weighted by atomic mass is 9.86. The molecule has 1 spiro atoms. The van der Waals surface area contributed by atoms with E-state index in [1.165, 1.54) is 32.1 Å². The van der Waals surface area contributed by atoms with E-state index in [-0.39, 0.29) is 0 Å². The minimum atomic E-state index is 0.571. The van der Waals surface area contributed by atoms with Crippen LogP contribution in [0.25, 0.3) is 0 Å². The molecule has 2 heterocycles. The number of aryl methyl sites for hydroxylation is 1. The van der Waals surface area contributed by atoms with E-state index >= 15 is 0 Å². The van der Waals surface area contributed by atoms with Gasteiger partial charge >= 0.3 is 0 Å². The second-order valence-electron chi connectivity index (χ2n) is 6.34. The molecule has 6 nitrogen and oxygen atoms in total. The summed E-state index contributed by atoms with van der Waals surface area (Å²) in [5, 5.41) is 7.23. The van der Waals surface area contributed by atoms with Crippen molar-refractivity contribution >= 4 is 5.96 Å². The summed E-state index contributed by atoms with van der Waals surface area (Å²) in [6.07, 6.45) is 7.63. The molecule has 0 unspecified atom stereocenters. The lowest BCUT2D eigenvalue weighted by Crippen LogP contribution is -2.41. The predicted molar refractivity (Wildman–Crippen MR) is 81.2 cm³/mol. The molecule has 0 bridgehead atoms. The van der Waals surface area contributed by atoms with Crippen LogP contribution in [0.4, 0.5) is 0 Å². The number of nitrogens with zero attached hydrogens (tertiary/aromatic N) is 4. The monoisotopic (exact) mass is 291 g/mol. The Kier molecular flexibility index (Phi) is 4.12. The Morgan fingerprint density at radius 1 is 1.38 bits per heavy atom. The number of guanidine groups is 1. The van der Waals surface area contributed by atoms with Gasteiger partial charge in [0.2, 0.25) is 5.89 Å². The van der Waals surface area contributed by atoms with Crippen LogP contribution in [-0.2, 0) is 6.42 Å². The van der Waals surface area contributed by atoms with Crippen LogP contribution in [0.2, 0.25) is 0 Å². The topological polar surface area (TPSA) is 66.5 Å². The van der Waals surface area contributed by atoms with Gasteiger partial charge in [-0.3, -0.25) is 4.99 Å². The zero-order chi connectivity index (χ0) is 14.7. The van der Waals surface area contributed by atoms with Crippen LogP contribution in [0, 0.1) is 12.3 Å². The molecule has 116 valence electrons. The fraction of sp³-hybridized carbons (Fsp3) is 0.800. The molecule has 2 fully saturated rings. The molecule has 0 atom stereocenters. The smallest absolute Gasteiger partial charge is 0.228 e. The number of rotatable bonds is 3. The average Bonchev–Trinajstić information content (AvgIpc) is 3.19. The molecule has 2 aliphatic rings. The van der Waals surface area contributed by atoms with Crippen LogP contribution < -0.4 is 5.32 Å². The minimum absolute atomic E-state index is 0.571. The molecule has 0 aromatic carbocycles. The van der Waals surface area contributed by atoms with E-state index in [2.05, 4.69) is 25.3 Å². The maximum absolute atomic E-state index is 5.13. The molecule has 6 heteroatoms. The average molecular weight is 291 g/mol. The van der Waals surface area contributed by atoms with Crippen molar-refractivity contribution in [2.24, 2.45) is 10.4 Å². The Labute approximate surface area is 126 Å². The maximum Gasteiger partial charge on any atom is 0.228 e. The van der Waals surface area contributed by atoms with Gasteiger partial charge in [0.05, 0.1) is 0 Å². The SMILES string of the molecule is CN=C(NCCc1nc(C)no1)N1CCC2(CCCC2)C1. The first kappa shape index (κ1) is 14.4. The summed E-state index contributed by atoms with van der Waals surface area (Å²) in [5.41, 5.74) is 0.571. The first-order valence-corrected chi connectivity index (χ1v) is 7.96. The zero-order valence-electron chi connectivity index (χ0n) is 13.1. The van der Waals surface area contributed by atoms with Crippen molar-refractivity contribution < 1.29 is 4.52 Å². The Balaban J connectivity index is 1.49. The van der Waals surface area contributed by atoms with Gasteiger partial charge in [0.1, 0.15) is 0 Å². The highest BCUT2D eigenvalue weighted by Crippen LogP contribution is 2.45. The van der Waals surface area contributed by atoms with Gasteiger partial charge in [0, 0.05) is 33.1 Å². The van der Waals surface area contributed by atoms with Crippen LogP contribution >= 0.6 is 0 Å². The quantitative estimate of drug-likeness (QED) is 0.679. The summed E-state index contributed by atoms with van der Waals surface area (Å²) >= 11 is 0. The van der Waals surface area contributed by atoms with Crippen molar-refractivity contribution in [3.8, 4) is 0 Å². The number of aromatic nitrogens is 2. The third kappa shape index (κ3) is 3.19. The molecule has 1 aliphatic carbocycles. The van der Waals surface area contributed by atoms with Crippen molar-refractivity contribution in [1.29, 1.82) is 0 Å². The first-order chi connectivity index (χ1) is 10.2. The lowest BCUT2D eigenvalue weighted by molar-refractivity contribution is 0.309. The molecule has 21 heavy (non-hydrogen) atoms. The fourth-order valence-corrected chi connectivity index (χ4v) is 3.70. The Morgan fingerprint density at radius 3 is 2.86 bits per heavy atom. The molecule has 1 aromatic rings. The highest BCUT2D eigenvalue weighted by atomic mass is 16.5. The second kappa shape index (κ2) is 6.03. The van der Waals surface area contributed by atoms with Gasteiger partial charge in [-0.1, -0.05) is 18.0 Å². The first-order valence-electron chi connectivity index (χ1n) is 7.96. The van der Waals surface area contributed by atoms with Gasteiger partial charge in [0.15, 0.2) is 11.8 Å². The summed E-state index contributed by atoms with van der Waals surface area (Å²) in [5.74, 6) is 2.39. The van der Waals surface area contributed by atoms with E-state index in [1.54, 1.807) is 0 Å². The molecule has 1 saturated heterocycles. The van der Waals surface area contributed by atoms with Crippen LogP contribution in [0.5, 0.6) is 0 Å². The number of hydrogen-bond donors (Lipinski definition) is 1. The number of nitrogens with one attached hydrogen (secondary N) is 1. The number of hydrogen-bond acceptors (Lipinski definition) is 4. The van der Waals surface area contributed by atoms with Crippen molar-refractivity contribution in [1.82, 2.24) is 20.4 Å². The summed E-state index contributed by atoms with van der Waals surface area (Å²) in [4.78, 5) is 11.1. The normalized spacial score (nSPS) is 21.4. The van der Waals surface area contributed by atoms with Crippen LogP contribution in [-0.4, -0.2) is 47.7 Å². The van der Waals surface area contributed by atoms with Crippen molar-refractivity contribution in [2.75, 3.05) is 26.7 Å².